The lowest BCUT2D eigenvalue weighted by atomic mass is 10.1. The molecule has 2 heterocycles. The minimum atomic E-state index is -3.76. The standard InChI is InChI=1S/C21H22F2N4O3S/c1-14-6-7-16(12-19(14)23)20-24-21(30-25-20)15(2)26-8-10-27(11-9-26)31(28,29)18-5-3-4-17(22)13-18/h3-7,12-13,15H,8-11H2,1-2H3. The number of piperazine rings is 1. The number of aryl methyl sites for hydroxylation is 1. The van der Waals surface area contributed by atoms with E-state index < -0.39 is 15.8 Å². The van der Waals surface area contributed by atoms with Gasteiger partial charge in [-0.15, -0.1) is 0 Å². The van der Waals surface area contributed by atoms with Crippen LogP contribution < -0.4 is 0 Å². The first-order valence-electron chi connectivity index (χ1n) is 9.85. The van der Waals surface area contributed by atoms with Crippen molar-refractivity contribution in [1.82, 2.24) is 19.3 Å². The van der Waals surface area contributed by atoms with Crippen LogP contribution in [0.2, 0.25) is 0 Å². The van der Waals surface area contributed by atoms with Crippen molar-refractivity contribution in [3.05, 3.63) is 65.6 Å². The van der Waals surface area contributed by atoms with Crippen LogP contribution in [-0.2, 0) is 10.0 Å². The van der Waals surface area contributed by atoms with Crippen LogP contribution in [0.1, 0.15) is 24.4 Å². The Balaban J connectivity index is 1.43. The number of nitrogens with zero attached hydrogens (tertiary/aromatic N) is 4. The lowest BCUT2D eigenvalue weighted by molar-refractivity contribution is 0.124. The molecule has 1 fully saturated rings. The Morgan fingerprint density at radius 2 is 1.81 bits per heavy atom. The summed E-state index contributed by atoms with van der Waals surface area (Å²) < 4.78 is 59.5. The van der Waals surface area contributed by atoms with Gasteiger partial charge in [0.25, 0.3) is 0 Å². The van der Waals surface area contributed by atoms with Gasteiger partial charge in [0.15, 0.2) is 0 Å². The number of halogens is 2. The van der Waals surface area contributed by atoms with Gasteiger partial charge < -0.3 is 4.52 Å². The van der Waals surface area contributed by atoms with E-state index in [0.29, 0.717) is 35.9 Å². The molecule has 1 aromatic heterocycles. The molecule has 0 amide bonds. The molecule has 1 unspecified atom stereocenters. The van der Waals surface area contributed by atoms with E-state index in [0.717, 1.165) is 6.07 Å². The minimum Gasteiger partial charge on any atom is -0.337 e. The molecule has 2 aromatic carbocycles. The summed E-state index contributed by atoms with van der Waals surface area (Å²) in [5.74, 6) is -0.257. The third-order valence-corrected chi connectivity index (χ3v) is 7.38. The molecule has 0 saturated carbocycles. The van der Waals surface area contributed by atoms with Crippen LogP contribution in [0.4, 0.5) is 8.78 Å². The highest BCUT2D eigenvalue weighted by Crippen LogP contribution is 2.26. The molecular formula is C21H22F2N4O3S. The average Bonchev–Trinajstić information content (AvgIpc) is 3.25. The van der Waals surface area contributed by atoms with Crippen LogP contribution >= 0.6 is 0 Å². The Hall–Kier alpha value is -2.69. The topological polar surface area (TPSA) is 79.5 Å². The SMILES string of the molecule is Cc1ccc(-c2noc(C(C)N3CCN(S(=O)(=O)c4cccc(F)c4)CC3)n2)cc1F. The first-order valence-corrected chi connectivity index (χ1v) is 11.3. The van der Waals surface area contributed by atoms with Gasteiger partial charge in [0.05, 0.1) is 10.9 Å². The van der Waals surface area contributed by atoms with Gasteiger partial charge in [0.1, 0.15) is 11.6 Å². The van der Waals surface area contributed by atoms with Gasteiger partial charge in [-0.25, -0.2) is 17.2 Å². The van der Waals surface area contributed by atoms with Gasteiger partial charge in [-0.3, -0.25) is 4.90 Å². The molecular weight excluding hydrogens is 426 g/mol. The monoisotopic (exact) mass is 448 g/mol. The number of hydrogen-bond acceptors (Lipinski definition) is 6. The van der Waals surface area contributed by atoms with E-state index in [1.165, 1.54) is 28.6 Å². The Labute approximate surface area is 179 Å². The molecule has 0 radical (unpaired) electrons. The van der Waals surface area contributed by atoms with Gasteiger partial charge in [-0.1, -0.05) is 23.4 Å². The van der Waals surface area contributed by atoms with E-state index in [2.05, 4.69) is 10.1 Å². The summed E-state index contributed by atoms with van der Waals surface area (Å²) in [6.45, 7) is 4.99. The predicted octanol–water partition coefficient (Wildman–Crippen LogP) is 3.39. The van der Waals surface area contributed by atoms with Crippen LogP contribution in [0.3, 0.4) is 0 Å². The second-order valence-electron chi connectivity index (χ2n) is 7.49. The minimum absolute atomic E-state index is 0.0547. The summed E-state index contributed by atoms with van der Waals surface area (Å²) in [5.41, 5.74) is 1.06. The van der Waals surface area contributed by atoms with E-state index in [1.54, 1.807) is 19.1 Å². The van der Waals surface area contributed by atoms with Gasteiger partial charge in [0.2, 0.25) is 21.7 Å². The molecule has 0 N–H and O–H groups in total. The number of hydrogen-bond donors (Lipinski definition) is 0. The highest BCUT2D eigenvalue weighted by molar-refractivity contribution is 7.89. The van der Waals surface area contributed by atoms with E-state index in [4.69, 9.17) is 4.52 Å². The van der Waals surface area contributed by atoms with Crippen molar-refractivity contribution >= 4 is 10.0 Å². The zero-order valence-electron chi connectivity index (χ0n) is 17.1. The molecule has 10 heteroatoms. The van der Waals surface area contributed by atoms with Crippen LogP contribution in [0.5, 0.6) is 0 Å². The van der Waals surface area contributed by atoms with Crippen molar-refractivity contribution in [2.75, 3.05) is 26.2 Å². The van der Waals surface area contributed by atoms with E-state index in [-0.39, 0.29) is 29.8 Å². The van der Waals surface area contributed by atoms with Crippen molar-refractivity contribution in [3.63, 3.8) is 0 Å². The van der Waals surface area contributed by atoms with Crippen LogP contribution in [0.25, 0.3) is 11.4 Å². The second-order valence-corrected chi connectivity index (χ2v) is 9.43. The van der Waals surface area contributed by atoms with Gasteiger partial charge in [-0.2, -0.15) is 9.29 Å². The smallest absolute Gasteiger partial charge is 0.244 e. The number of aromatic nitrogens is 2. The van der Waals surface area contributed by atoms with Gasteiger partial charge >= 0.3 is 0 Å². The third-order valence-electron chi connectivity index (χ3n) is 5.48. The maximum Gasteiger partial charge on any atom is 0.244 e. The normalized spacial score (nSPS) is 17.0. The first-order chi connectivity index (χ1) is 14.8. The summed E-state index contributed by atoms with van der Waals surface area (Å²) in [7, 11) is -3.76. The molecule has 1 saturated heterocycles. The molecule has 4 rings (SSSR count). The Morgan fingerprint density at radius 1 is 1.06 bits per heavy atom. The first kappa shape index (κ1) is 21.5. The van der Waals surface area contributed by atoms with Crippen molar-refractivity contribution in [2.45, 2.75) is 24.8 Å². The molecule has 0 spiro atoms. The molecule has 1 aliphatic heterocycles. The Bertz CT molecular complexity index is 1190. The maximum atomic E-state index is 13.8. The zero-order valence-corrected chi connectivity index (χ0v) is 17.9. The molecule has 7 nitrogen and oxygen atoms in total. The Kier molecular flexibility index (Phi) is 5.87. The largest absolute Gasteiger partial charge is 0.337 e. The van der Waals surface area contributed by atoms with Crippen LogP contribution in [0, 0.1) is 18.6 Å². The number of benzene rings is 2. The highest BCUT2D eigenvalue weighted by Gasteiger charge is 2.32. The van der Waals surface area contributed by atoms with Gasteiger partial charge in [0, 0.05) is 31.7 Å². The fourth-order valence-electron chi connectivity index (χ4n) is 3.52. The second kappa shape index (κ2) is 8.45. The fraction of sp³-hybridized carbons (Fsp3) is 0.333. The van der Waals surface area contributed by atoms with Crippen LogP contribution in [-0.4, -0.2) is 53.9 Å². The highest BCUT2D eigenvalue weighted by atomic mass is 32.2. The van der Waals surface area contributed by atoms with Crippen molar-refractivity contribution in [3.8, 4) is 11.4 Å². The summed E-state index contributed by atoms with van der Waals surface area (Å²) >= 11 is 0. The van der Waals surface area contributed by atoms with Crippen molar-refractivity contribution < 1.29 is 21.7 Å². The maximum absolute atomic E-state index is 13.8. The average molecular weight is 448 g/mol. The summed E-state index contributed by atoms with van der Waals surface area (Å²) in [6.07, 6.45) is 0. The van der Waals surface area contributed by atoms with E-state index in [1.807, 2.05) is 11.8 Å². The van der Waals surface area contributed by atoms with Crippen molar-refractivity contribution in [2.24, 2.45) is 0 Å². The molecule has 31 heavy (non-hydrogen) atoms. The fourth-order valence-corrected chi connectivity index (χ4v) is 4.97. The zero-order chi connectivity index (χ0) is 22.2. The summed E-state index contributed by atoms with van der Waals surface area (Å²) in [4.78, 5) is 6.37. The molecule has 1 aliphatic rings. The summed E-state index contributed by atoms with van der Waals surface area (Å²) in [5, 5.41) is 3.95. The lowest BCUT2D eigenvalue weighted by Crippen LogP contribution is -2.49. The van der Waals surface area contributed by atoms with Gasteiger partial charge in [-0.05, 0) is 43.7 Å². The molecule has 0 aliphatic carbocycles. The lowest BCUT2D eigenvalue weighted by Gasteiger charge is -2.36. The Morgan fingerprint density at radius 3 is 2.48 bits per heavy atom. The molecule has 1 atom stereocenters. The summed E-state index contributed by atoms with van der Waals surface area (Å²) in [6, 6.07) is 9.52. The predicted molar refractivity (Wildman–Crippen MR) is 110 cm³/mol. The molecule has 0 bridgehead atoms. The van der Waals surface area contributed by atoms with Crippen molar-refractivity contribution in [1.29, 1.82) is 0 Å². The number of rotatable bonds is 5. The molecule has 164 valence electrons. The number of sulfonamides is 1. The quantitative estimate of drug-likeness (QED) is 0.595. The van der Waals surface area contributed by atoms with Crippen LogP contribution in [0.15, 0.2) is 51.9 Å². The molecule has 3 aromatic rings. The van der Waals surface area contributed by atoms with E-state index >= 15 is 0 Å². The third kappa shape index (κ3) is 4.36. The van der Waals surface area contributed by atoms with E-state index in [9.17, 15) is 17.2 Å².